The van der Waals surface area contributed by atoms with Crippen LogP contribution in [0.25, 0.3) is 0 Å². The number of nitrogens with one attached hydrogen (secondary N) is 1. The maximum Gasteiger partial charge on any atom is 0.269 e. The van der Waals surface area contributed by atoms with Crippen molar-refractivity contribution >= 4 is 23.0 Å². The average Bonchev–Trinajstić information content (AvgIpc) is 2.53. The minimum absolute atomic E-state index is 0.00955. The summed E-state index contributed by atoms with van der Waals surface area (Å²) in [7, 11) is 0. The predicted molar refractivity (Wildman–Crippen MR) is 88.0 cm³/mol. The van der Waals surface area contributed by atoms with Gasteiger partial charge in [-0.2, -0.15) is 5.10 Å². The van der Waals surface area contributed by atoms with Gasteiger partial charge in [-0.15, -0.1) is 0 Å². The Balaban J connectivity index is 1.96. The zero-order valence-corrected chi connectivity index (χ0v) is 12.5. The van der Waals surface area contributed by atoms with Crippen LogP contribution in [0.2, 0.25) is 0 Å². The number of amides is 1. The molecular formula is C16H16N4O3. The molecule has 0 aromatic heterocycles. The molecule has 0 radical (unpaired) electrons. The lowest BCUT2D eigenvalue weighted by Crippen LogP contribution is -2.21. The SMILES string of the molecule is C/C(=N\NC(=O)Cc1ccc([N+](=O)[O-])cc1)c1cccc(N)c1. The van der Waals surface area contributed by atoms with Crippen molar-refractivity contribution in [1.29, 1.82) is 0 Å². The Labute approximate surface area is 133 Å². The summed E-state index contributed by atoms with van der Waals surface area (Å²) in [5, 5.41) is 14.6. The Kier molecular flexibility index (Phi) is 5.03. The van der Waals surface area contributed by atoms with E-state index in [9.17, 15) is 14.9 Å². The van der Waals surface area contributed by atoms with Crippen molar-refractivity contribution in [2.24, 2.45) is 5.10 Å². The molecule has 1 amide bonds. The van der Waals surface area contributed by atoms with Gasteiger partial charge in [0.05, 0.1) is 17.1 Å². The normalized spacial score (nSPS) is 11.1. The molecule has 0 bridgehead atoms. The highest BCUT2D eigenvalue weighted by Crippen LogP contribution is 2.12. The Morgan fingerprint density at radius 2 is 1.96 bits per heavy atom. The van der Waals surface area contributed by atoms with Crippen molar-refractivity contribution < 1.29 is 9.72 Å². The standard InChI is InChI=1S/C16H16N4O3/c1-11(13-3-2-4-14(17)10-13)18-19-16(21)9-12-5-7-15(8-6-12)20(22)23/h2-8,10H,9,17H2,1H3,(H,19,21)/b18-11+. The molecule has 0 fully saturated rings. The zero-order chi connectivity index (χ0) is 16.8. The van der Waals surface area contributed by atoms with Crippen LogP contribution in [0.15, 0.2) is 53.6 Å². The highest BCUT2D eigenvalue weighted by Gasteiger charge is 2.07. The Morgan fingerprint density at radius 1 is 1.26 bits per heavy atom. The van der Waals surface area contributed by atoms with Crippen molar-refractivity contribution in [3.63, 3.8) is 0 Å². The number of hydrazone groups is 1. The molecule has 0 spiro atoms. The minimum atomic E-state index is -0.483. The number of hydrogen-bond donors (Lipinski definition) is 2. The molecule has 0 aliphatic rings. The van der Waals surface area contributed by atoms with E-state index in [0.717, 1.165) is 5.56 Å². The van der Waals surface area contributed by atoms with E-state index in [1.54, 1.807) is 31.2 Å². The van der Waals surface area contributed by atoms with Crippen LogP contribution in [0.5, 0.6) is 0 Å². The fourth-order valence-corrected chi connectivity index (χ4v) is 1.93. The van der Waals surface area contributed by atoms with E-state index in [0.29, 0.717) is 17.0 Å². The largest absolute Gasteiger partial charge is 0.399 e. The molecule has 23 heavy (non-hydrogen) atoms. The number of nitrogens with two attached hydrogens (primary N) is 1. The Morgan fingerprint density at radius 3 is 2.57 bits per heavy atom. The fraction of sp³-hybridized carbons (Fsp3) is 0.125. The molecule has 0 unspecified atom stereocenters. The number of rotatable bonds is 5. The molecule has 0 saturated heterocycles. The Hall–Kier alpha value is -3.22. The first-order valence-corrected chi connectivity index (χ1v) is 6.88. The van der Waals surface area contributed by atoms with Gasteiger partial charge in [0.1, 0.15) is 0 Å². The van der Waals surface area contributed by atoms with Gasteiger partial charge in [0, 0.05) is 17.8 Å². The molecule has 0 aliphatic carbocycles. The van der Waals surface area contributed by atoms with E-state index < -0.39 is 4.92 Å². The summed E-state index contributed by atoms with van der Waals surface area (Å²) < 4.78 is 0. The molecule has 3 N–H and O–H groups in total. The van der Waals surface area contributed by atoms with E-state index in [2.05, 4.69) is 10.5 Å². The number of nitrogen functional groups attached to an aromatic ring is 1. The highest BCUT2D eigenvalue weighted by atomic mass is 16.6. The molecule has 2 aromatic rings. The summed E-state index contributed by atoms with van der Waals surface area (Å²) in [5.74, 6) is -0.304. The van der Waals surface area contributed by atoms with Crippen LogP contribution in [-0.2, 0) is 11.2 Å². The number of anilines is 1. The lowest BCUT2D eigenvalue weighted by atomic mass is 10.1. The van der Waals surface area contributed by atoms with Crippen molar-refractivity contribution in [1.82, 2.24) is 5.43 Å². The van der Waals surface area contributed by atoms with Crippen molar-refractivity contribution in [3.8, 4) is 0 Å². The smallest absolute Gasteiger partial charge is 0.269 e. The molecule has 7 nitrogen and oxygen atoms in total. The van der Waals surface area contributed by atoms with E-state index in [1.165, 1.54) is 12.1 Å². The van der Waals surface area contributed by atoms with Gasteiger partial charge in [-0.05, 0) is 30.2 Å². The molecule has 2 aromatic carbocycles. The summed E-state index contributed by atoms with van der Waals surface area (Å²) in [6.45, 7) is 1.76. The number of nitro benzene ring substituents is 1. The lowest BCUT2D eigenvalue weighted by molar-refractivity contribution is -0.384. The number of carbonyl (C=O) groups is 1. The van der Waals surface area contributed by atoms with Gasteiger partial charge in [0.15, 0.2) is 0 Å². The first kappa shape index (κ1) is 16.2. The molecule has 0 heterocycles. The lowest BCUT2D eigenvalue weighted by Gasteiger charge is -2.04. The summed E-state index contributed by atoms with van der Waals surface area (Å²) in [4.78, 5) is 21.9. The van der Waals surface area contributed by atoms with Crippen LogP contribution < -0.4 is 11.2 Å². The van der Waals surface area contributed by atoms with Crippen LogP contribution in [-0.4, -0.2) is 16.5 Å². The first-order chi connectivity index (χ1) is 11.0. The molecule has 0 atom stereocenters. The number of nitro groups is 1. The van der Waals surface area contributed by atoms with Crippen molar-refractivity contribution in [2.45, 2.75) is 13.3 Å². The van der Waals surface area contributed by atoms with Gasteiger partial charge < -0.3 is 5.73 Å². The molecule has 2 rings (SSSR count). The highest BCUT2D eigenvalue weighted by molar-refractivity contribution is 5.99. The number of nitrogens with zero attached hydrogens (tertiary/aromatic N) is 2. The molecular weight excluding hydrogens is 296 g/mol. The number of benzene rings is 2. The number of non-ortho nitro benzene ring substituents is 1. The third-order valence-electron chi connectivity index (χ3n) is 3.16. The van der Waals surface area contributed by atoms with Crippen LogP contribution in [0.1, 0.15) is 18.1 Å². The molecule has 0 aliphatic heterocycles. The molecule has 7 heteroatoms. The first-order valence-electron chi connectivity index (χ1n) is 6.88. The van der Waals surface area contributed by atoms with Gasteiger partial charge in [-0.1, -0.05) is 24.3 Å². The summed E-state index contributed by atoms with van der Waals surface area (Å²) >= 11 is 0. The van der Waals surface area contributed by atoms with Crippen molar-refractivity contribution in [2.75, 3.05) is 5.73 Å². The monoisotopic (exact) mass is 312 g/mol. The van der Waals surface area contributed by atoms with Gasteiger partial charge >= 0.3 is 0 Å². The summed E-state index contributed by atoms with van der Waals surface area (Å²) in [5.41, 5.74) is 10.9. The summed E-state index contributed by atoms with van der Waals surface area (Å²) in [6, 6.07) is 13.0. The maximum absolute atomic E-state index is 11.9. The second-order valence-electron chi connectivity index (χ2n) is 4.96. The quantitative estimate of drug-likeness (QED) is 0.382. The van der Waals surface area contributed by atoms with E-state index in [1.807, 2.05) is 12.1 Å². The van der Waals surface area contributed by atoms with Gasteiger partial charge in [-0.25, -0.2) is 5.43 Å². The van der Waals surface area contributed by atoms with Crippen LogP contribution in [0, 0.1) is 10.1 Å². The fourth-order valence-electron chi connectivity index (χ4n) is 1.93. The van der Waals surface area contributed by atoms with Crippen LogP contribution in [0.3, 0.4) is 0 Å². The second-order valence-corrected chi connectivity index (χ2v) is 4.96. The summed E-state index contributed by atoms with van der Waals surface area (Å²) in [6.07, 6.45) is 0.0890. The van der Waals surface area contributed by atoms with Crippen LogP contribution in [0.4, 0.5) is 11.4 Å². The van der Waals surface area contributed by atoms with E-state index in [4.69, 9.17) is 5.73 Å². The average molecular weight is 312 g/mol. The van der Waals surface area contributed by atoms with Gasteiger partial charge in [0.2, 0.25) is 5.91 Å². The van der Waals surface area contributed by atoms with Crippen LogP contribution >= 0.6 is 0 Å². The van der Waals surface area contributed by atoms with E-state index >= 15 is 0 Å². The van der Waals surface area contributed by atoms with Gasteiger partial charge in [-0.3, -0.25) is 14.9 Å². The predicted octanol–water partition coefficient (Wildman–Crippen LogP) is 2.26. The zero-order valence-electron chi connectivity index (χ0n) is 12.5. The van der Waals surface area contributed by atoms with E-state index in [-0.39, 0.29) is 18.0 Å². The Bertz CT molecular complexity index is 754. The maximum atomic E-state index is 11.9. The third-order valence-corrected chi connectivity index (χ3v) is 3.16. The third kappa shape index (κ3) is 4.63. The topological polar surface area (TPSA) is 111 Å². The number of carbonyl (C=O) groups excluding carboxylic acids is 1. The number of hydrogen-bond acceptors (Lipinski definition) is 5. The minimum Gasteiger partial charge on any atom is -0.399 e. The molecule has 118 valence electrons. The van der Waals surface area contributed by atoms with Crippen molar-refractivity contribution in [3.05, 3.63) is 69.8 Å². The van der Waals surface area contributed by atoms with Gasteiger partial charge in [0.25, 0.3) is 5.69 Å². The molecule has 0 saturated carbocycles. The second kappa shape index (κ2) is 7.17.